The fourth-order valence-corrected chi connectivity index (χ4v) is 4.50. The normalized spacial score (nSPS) is 21.4. The monoisotopic (exact) mass is 296 g/mol. The SMILES string of the molecule is Cn1c2c(c3cc(C4CCCCC4)ccc31)CCCC2=NO. The Labute approximate surface area is 131 Å². The number of rotatable bonds is 1. The van der Waals surface area contributed by atoms with Crippen molar-refractivity contribution in [3.05, 3.63) is 35.0 Å². The summed E-state index contributed by atoms with van der Waals surface area (Å²) in [5.74, 6) is 0.739. The van der Waals surface area contributed by atoms with E-state index in [4.69, 9.17) is 0 Å². The molecule has 116 valence electrons. The highest BCUT2D eigenvalue weighted by Crippen LogP contribution is 2.37. The summed E-state index contributed by atoms with van der Waals surface area (Å²) < 4.78 is 2.21. The summed E-state index contributed by atoms with van der Waals surface area (Å²) in [6, 6.07) is 7.01. The second-order valence-corrected chi connectivity index (χ2v) is 6.90. The van der Waals surface area contributed by atoms with Crippen molar-refractivity contribution in [2.24, 2.45) is 12.2 Å². The Morgan fingerprint density at radius 3 is 2.68 bits per heavy atom. The van der Waals surface area contributed by atoms with Crippen molar-refractivity contribution in [2.45, 2.75) is 57.3 Å². The fraction of sp³-hybridized carbons (Fsp3) is 0.526. The van der Waals surface area contributed by atoms with E-state index in [0.29, 0.717) is 0 Å². The Kier molecular flexibility index (Phi) is 3.44. The highest BCUT2D eigenvalue weighted by atomic mass is 16.4. The zero-order chi connectivity index (χ0) is 15.1. The van der Waals surface area contributed by atoms with Gasteiger partial charge in [-0.3, -0.25) is 0 Å². The second kappa shape index (κ2) is 5.45. The van der Waals surface area contributed by atoms with Crippen LogP contribution in [0, 0.1) is 0 Å². The first-order valence-electron chi connectivity index (χ1n) is 8.62. The average molecular weight is 296 g/mol. The lowest BCUT2D eigenvalue weighted by Gasteiger charge is -2.22. The van der Waals surface area contributed by atoms with Crippen LogP contribution in [0.2, 0.25) is 0 Å². The molecule has 1 aromatic heterocycles. The van der Waals surface area contributed by atoms with Gasteiger partial charge >= 0.3 is 0 Å². The molecular formula is C19H24N2O. The molecule has 0 unspecified atom stereocenters. The lowest BCUT2D eigenvalue weighted by Crippen LogP contribution is -2.14. The van der Waals surface area contributed by atoms with E-state index in [9.17, 15) is 5.21 Å². The van der Waals surface area contributed by atoms with Crippen molar-refractivity contribution in [2.75, 3.05) is 0 Å². The molecule has 0 spiro atoms. The summed E-state index contributed by atoms with van der Waals surface area (Å²) in [7, 11) is 2.10. The van der Waals surface area contributed by atoms with Crippen molar-refractivity contribution in [3.8, 4) is 0 Å². The molecule has 2 aromatic rings. The maximum Gasteiger partial charge on any atom is 0.103 e. The Hall–Kier alpha value is -1.77. The molecule has 0 atom stereocenters. The van der Waals surface area contributed by atoms with Crippen LogP contribution >= 0.6 is 0 Å². The fourth-order valence-electron chi connectivity index (χ4n) is 4.50. The van der Waals surface area contributed by atoms with E-state index in [0.717, 1.165) is 36.6 Å². The van der Waals surface area contributed by atoms with Gasteiger partial charge in [-0.05, 0) is 61.3 Å². The minimum absolute atomic E-state index is 0.739. The lowest BCUT2D eigenvalue weighted by atomic mass is 9.83. The van der Waals surface area contributed by atoms with Crippen molar-refractivity contribution < 1.29 is 5.21 Å². The van der Waals surface area contributed by atoms with Gasteiger partial charge in [0.15, 0.2) is 0 Å². The molecule has 1 fully saturated rings. The number of benzene rings is 1. The third kappa shape index (κ3) is 2.06. The van der Waals surface area contributed by atoms with Crippen LogP contribution in [0.5, 0.6) is 0 Å². The third-order valence-corrected chi connectivity index (χ3v) is 5.64. The van der Waals surface area contributed by atoms with Crippen LogP contribution in [0.25, 0.3) is 10.9 Å². The number of aryl methyl sites for hydroxylation is 2. The van der Waals surface area contributed by atoms with Gasteiger partial charge in [0.25, 0.3) is 0 Å². The third-order valence-electron chi connectivity index (χ3n) is 5.64. The van der Waals surface area contributed by atoms with E-state index in [1.165, 1.54) is 54.1 Å². The molecule has 0 aliphatic heterocycles. The van der Waals surface area contributed by atoms with Crippen molar-refractivity contribution in [1.29, 1.82) is 0 Å². The first-order valence-corrected chi connectivity index (χ1v) is 8.62. The Morgan fingerprint density at radius 1 is 1.09 bits per heavy atom. The van der Waals surface area contributed by atoms with E-state index in [1.807, 2.05) is 0 Å². The van der Waals surface area contributed by atoms with Crippen molar-refractivity contribution >= 4 is 16.6 Å². The molecule has 0 saturated heterocycles. The predicted molar refractivity (Wildman–Crippen MR) is 90.0 cm³/mol. The number of oxime groups is 1. The molecular weight excluding hydrogens is 272 g/mol. The molecule has 1 N–H and O–H groups in total. The van der Waals surface area contributed by atoms with Crippen LogP contribution in [0.4, 0.5) is 0 Å². The summed E-state index contributed by atoms with van der Waals surface area (Å²) in [5.41, 5.74) is 6.15. The van der Waals surface area contributed by atoms with Crippen LogP contribution < -0.4 is 0 Å². The smallest absolute Gasteiger partial charge is 0.103 e. The Balaban J connectivity index is 1.86. The number of hydrogen-bond acceptors (Lipinski definition) is 2. The highest BCUT2D eigenvalue weighted by Gasteiger charge is 2.24. The maximum absolute atomic E-state index is 9.32. The first-order chi connectivity index (χ1) is 10.8. The van der Waals surface area contributed by atoms with Gasteiger partial charge in [-0.1, -0.05) is 30.5 Å². The van der Waals surface area contributed by atoms with E-state index in [1.54, 1.807) is 0 Å². The molecule has 22 heavy (non-hydrogen) atoms. The summed E-state index contributed by atoms with van der Waals surface area (Å²) >= 11 is 0. The molecule has 3 nitrogen and oxygen atoms in total. The largest absolute Gasteiger partial charge is 0.411 e. The molecule has 1 aromatic carbocycles. The molecule has 0 amide bonds. The molecule has 1 saturated carbocycles. The molecule has 2 aliphatic rings. The zero-order valence-electron chi connectivity index (χ0n) is 13.3. The van der Waals surface area contributed by atoms with Crippen molar-refractivity contribution in [3.63, 3.8) is 0 Å². The Morgan fingerprint density at radius 2 is 1.91 bits per heavy atom. The molecule has 0 radical (unpaired) electrons. The van der Waals surface area contributed by atoms with Gasteiger partial charge in [0.05, 0.1) is 5.69 Å². The van der Waals surface area contributed by atoms with Gasteiger partial charge in [-0.25, -0.2) is 0 Å². The standard InChI is InChI=1S/C19H24N2O/c1-21-18-11-10-14(13-6-3-2-4-7-13)12-16(18)15-8-5-9-17(20-22)19(15)21/h10-13,22H,2-9H2,1H3. The van der Waals surface area contributed by atoms with E-state index in [-0.39, 0.29) is 0 Å². The number of fused-ring (bicyclic) bond motifs is 3. The summed E-state index contributed by atoms with van der Waals surface area (Å²) in [5, 5.41) is 14.2. The van der Waals surface area contributed by atoms with Crippen LogP contribution in [-0.2, 0) is 13.5 Å². The molecule has 0 bridgehead atoms. The average Bonchev–Trinajstić information content (AvgIpc) is 2.88. The van der Waals surface area contributed by atoms with Gasteiger partial charge in [0.1, 0.15) is 5.71 Å². The van der Waals surface area contributed by atoms with Gasteiger partial charge < -0.3 is 9.77 Å². The minimum atomic E-state index is 0.739. The van der Waals surface area contributed by atoms with Gasteiger partial charge in [0.2, 0.25) is 0 Å². The van der Waals surface area contributed by atoms with Gasteiger partial charge in [-0.15, -0.1) is 0 Å². The maximum atomic E-state index is 9.32. The molecule has 3 heteroatoms. The quantitative estimate of drug-likeness (QED) is 0.599. The summed E-state index contributed by atoms with van der Waals surface area (Å²) in [6.45, 7) is 0. The summed E-state index contributed by atoms with van der Waals surface area (Å²) in [4.78, 5) is 0. The predicted octanol–water partition coefficient (Wildman–Crippen LogP) is 4.74. The second-order valence-electron chi connectivity index (χ2n) is 6.90. The number of nitrogens with zero attached hydrogens (tertiary/aromatic N) is 2. The van der Waals surface area contributed by atoms with Crippen LogP contribution in [0.15, 0.2) is 23.4 Å². The van der Waals surface area contributed by atoms with E-state index in [2.05, 4.69) is 35.0 Å². The van der Waals surface area contributed by atoms with Crippen LogP contribution in [0.3, 0.4) is 0 Å². The first kappa shape index (κ1) is 13.9. The van der Waals surface area contributed by atoms with Gasteiger partial charge in [0, 0.05) is 18.0 Å². The van der Waals surface area contributed by atoms with Crippen molar-refractivity contribution in [1.82, 2.24) is 4.57 Å². The zero-order valence-corrected chi connectivity index (χ0v) is 13.3. The topological polar surface area (TPSA) is 37.5 Å². The minimum Gasteiger partial charge on any atom is -0.411 e. The number of hydrogen-bond donors (Lipinski definition) is 1. The number of aromatic nitrogens is 1. The van der Waals surface area contributed by atoms with Gasteiger partial charge in [-0.2, -0.15) is 0 Å². The molecule has 1 heterocycles. The molecule has 4 rings (SSSR count). The lowest BCUT2D eigenvalue weighted by molar-refractivity contribution is 0.317. The van der Waals surface area contributed by atoms with E-state index < -0.39 is 0 Å². The summed E-state index contributed by atoms with van der Waals surface area (Å²) in [6.07, 6.45) is 9.87. The van der Waals surface area contributed by atoms with E-state index >= 15 is 0 Å². The Bertz CT molecular complexity index is 735. The highest BCUT2D eigenvalue weighted by molar-refractivity contribution is 6.06. The molecule has 2 aliphatic carbocycles. The van der Waals surface area contributed by atoms with Crippen LogP contribution in [0.1, 0.15) is 67.7 Å². The van der Waals surface area contributed by atoms with Crippen LogP contribution in [-0.4, -0.2) is 15.5 Å².